The standard InChI is InChI=1S/C12H14Cl2O3S/c1-11(2)10(12(11,13)14)8-17-18(15,16)9-6-4-3-5-7-9/h3-7,10H,8H2,1-2H3. The number of halogens is 2. The molecule has 1 aromatic carbocycles. The first-order valence-corrected chi connectivity index (χ1v) is 7.68. The van der Waals surface area contributed by atoms with Gasteiger partial charge in [0.25, 0.3) is 10.1 Å². The maximum Gasteiger partial charge on any atom is 0.296 e. The van der Waals surface area contributed by atoms with Crippen molar-refractivity contribution in [3.63, 3.8) is 0 Å². The molecule has 18 heavy (non-hydrogen) atoms. The summed E-state index contributed by atoms with van der Waals surface area (Å²) in [5.74, 6) is -0.188. The zero-order valence-electron chi connectivity index (χ0n) is 10.1. The smallest absolute Gasteiger partial charge is 0.266 e. The summed E-state index contributed by atoms with van der Waals surface area (Å²) in [6, 6.07) is 8.00. The summed E-state index contributed by atoms with van der Waals surface area (Å²) in [4.78, 5) is 0.137. The van der Waals surface area contributed by atoms with Crippen molar-refractivity contribution in [2.45, 2.75) is 23.1 Å². The van der Waals surface area contributed by atoms with Crippen LogP contribution in [-0.2, 0) is 14.3 Å². The number of hydrogen-bond donors (Lipinski definition) is 0. The summed E-state index contributed by atoms with van der Waals surface area (Å²) in [6.07, 6.45) is 0. The molecule has 1 fully saturated rings. The molecule has 0 aromatic heterocycles. The molecule has 1 aliphatic carbocycles. The predicted octanol–water partition coefficient (Wildman–Crippen LogP) is 3.22. The van der Waals surface area contributed by atoms with Crippen LogP contribution < -0.4 is 0 Å². The average molecular weight is 309 g/mol. The maximum absolute atomic E-state index is 11.9. The number of alkyl halides is 2. The van der Waals surface area contributed by atoms with Gasteiger partial charge in [0.05, 0.1) is 11.5 Å². The number of rotatable bonds is 4. The van der Waals surface area contributed by atoms with E-state index >= 15 is 0 Å². The van der Waals surface area contributed by atoms with Crippen molar-refractivity contribution < 1.29 is 12.6 Å². The Labute approximate surface area is 117 Å². The molecule has 1 atom stereocenters. The summed E-state index contributed by atoms with van der Waals surface area (Å²) in [7, 11) is -3.73. The Balaban J connectivity index is 2.05. The molecule has 0 heterocycles. The minimum absolute atomic E-state index is 0.00275. The molecule has 6 heteroatoms. The molecule has 1 unspecified atom stereocenters. The van der Waals surface area contributed by atoms with Crippen LogP contribution in [0.1, 0.15) is 13.8 Å². The molecule has 100 valence electrons. The monoisotopic (exact) mass is 308 g/mol. The Hall–Kier alpha value is -0.290. The quantitative estimate of drug-likeness (QED) is 0.633. The molecule has 0 bridgehead atoms. The second-order valence-corrected chi connectivity index (χ2v) is 7.95. The van der Waals surface area contributed by atoms with Gasteiger partial charge in [0.2, 0.25) is 0 Å². The lowest BCUT2D eigenvalue weighted by Gasteiger charge is -2.05. The molecule has 2 rings (SSSR count). The first-order chi connectivity index (χ1) is 8.19. The molecule has 0 amide bonds. The fourth-order valence-electron chi connectivity index (χ4n) is 1.88. The zero-order chi connectivity index (χ0) is 13.6. The highest BCUT2D eigenvalue weighted by Gasteiger charge is 2.70. The molecule has 1 aliphatic rings. The second kappa shape index (κ2) is 4.37. The lowest BCUT2D eigenvalue weighted by Crippen LogP contribution is -2.11. The first kappa shape index (κ1) is 14.1. The maximum atomic E-state index is 11.9. The molecule has 0 spiro atoms. The topological polar surface area (TPSA) is 43.4 Å². The van der Waals surface area contributed by atoms with Crippen LogP contribution >= 0.6 is 23.2 Å². The minimum Gasteiger partial charge on any atom is -0.266 e. The lowest BCUT2D eigenvalue weighted by atomic mass is 10.1. The Bertz CT molecular complexity index is 524. The van der Waals surface area contributed by atoms with E-state index in [1.54, 1.807) is 18.2 Å². The molecule has 0 aliphatic heterocycles. The first-order valence-electron chi connectivity index (χ1n) is 5.52. The largest absolute Gasteiger partial charge is 0.296 e. The predicted molar refractivity (Wildman–Crippen MR) is 71.3 cm³/mol. The summed E-state index contributed by atoms with van der Waals surface area (Å²) < 4.78 is 27.9. The van der Waals surface area contributed by atoms with Gasteiger partial charge >= 0.3 is 0 Å². The van der Waals surface area contributed by atoms with Crippen LogP contribution in [0.15, 0.2) is 35.2 Å². The van der Waals surface area contributed by atoms with E-state index in [0.717, 1.165) is 0 Å². The molecule has 0 saturated heterocycles. The van der Waals surface area contributed by atoms with Gasteiger partial charge in [-0.05, 0) is 12.1 Å². The van der Waals surface area contributed by atoms with E-state index in [2.05, 4.69) is 0 Å². The summed E-state index contributed by atoms with van der Waals surface area (Å²) in [5.41, 5.74) is -0.331. The fraction of sp³-hybridized carbons (Fsp3) is 0.500. The van der Waals surface area contributed by atoms with Crippen molar-refractivity contribution in [1.29, 1.82) is 0 Å². The van der Waals surface area contributed by atoms with Crippen molar-refractivity contribution in [2.24, 2.45) is 11.3 Å². The van der Waals surface area contributed by atoms with E-state index in [-0.39, 0.29) is 22.8 Å². The molecular weight excluding hydrogens is 295 g/mol. The minimum atomic E-state index is -3.73. The molecule has 1 aromatic rings. The van der Waals surface area contributed by atoms with Crippen molar-refractivity contribution in [2.75, 3.05) is 6.61 Å². The zero-order valence-corrected chi connectivity index (χ0v) is 12.4. The summed E-state index contributed by atoms with van der Waals surface area (Å²) in [6.45, 7) is 3.77. The van der Waals surface area contributed by atoms with E-state index in [9.17, 15) is 8.42 Å². The van der Waals surface area contributed by atoms with E-state index in [4.69, 9.17) is 27.4 Å². The Morgan fingerprint density at radius 2 is 1.72 bits per heavy atom. The van der Waals surface area contributed by atoms with E-state index in [0.29, 0.717) is 0 Å². The van der Waals surface area contributed by atoms with Gasteiger partial charge in [-0.15, -0.1) is 23.2 Å². The van der Waals surface area contributed by atoms with Crippen LogP contribution in [0.25, 0.3) is 0 Å². The van der Waals surface area contributed by atoms with Crippen LogP contribution in [0.3, 0.4) is 0 Å². The Morgan fingerprint density at radius 3 is 2.17 bits per heavy atom. The van der Waals surface area contributed by atoms with Gasteiger partial charge in [-0.25, -0.2) is 0 Å². The third kappa shape index (κ3) is 2.27. The third-order valence-corrected chi connectivity index (χ3v) is 6.30. The van der Waals surface area contributed by atoms with Gasteiger partial charge in [-0.3, -0.25) is 4.18 Å². The van der Waals surface area contributed by atoms with Crippen LogP contribution in [0.2, 0.25) is 0 Å². The van der Waals surface area contributed by atoms with Gasteiger partial charge in [-0.2, -0.15) is 8.42 Å². The van der Waals surface area contributed by atoms with Crippen LogP contribution in [-0.4, -0.2) is 19.4 Å². The third-order valence-electron chi connectivity index (χ3n) is 3.51. The fourth-order valence-corrected chi connectivity index (χ4v) is 3.65. The van der Waals surface area contributed by atoms with E-state index < -0.39 is 14.5 Å². The number of benzene rings is 1. The van der Waals surface area contributed by atoms with Crippen LogP contribution in [0.5, 0.6) is 0 Å². The lowest BCUT2D eigenvalue weighted by molar-refractivity contribution is 0.283. The van der Waals surface area contributed by atoms with Crippen LogP contribution in [0.4, 0.5) is 0 Å². The highest BCUT2D eigenvalue weighted by atomic mass is 35.5. The van der Waals surface area contributed by atoms with Crippen molar-refractivity contribution >= 4 is 33.3 Å². The van der Waals surface area contributed by atoms with E-state index in [1.807, 2.05) is 13.8 Å². The Kier molecular flexibility index (Phi) is 3.43. The molecule has 3 nitrogen and oxygen atoms in total. The van der Waals surface area contributed by atoms with Crippen LogP contribution in [0, 0.1) is 11.3 Å². The molecule has 0 radical (unpaired) electrons. The van der Waals surface area contributed by atoms with E-state index in [1.165, 1.54) is 12.1 Å². The molecular formula is C12H14Cl2O3S. The SMILES string of the molecule is CC1(C)C(COS(=O)(=O)c2ccccc2)C1(Cl)Cl. The normalized spacial score (nSPS) is 24.8. The molecule has 1 saturated carbocycles. The van der Waals surface area contributed by atoms with Gasteiger partial charge in [0, 0.05) is 11.3 Å². The molecule has 0 N–H and O–H groups in total. The van der Waals surface area contributed by atoms with Crippen molar-refractivity contribution in [1.82, 2.24) is 0 Å². The highest BCUT2D eigenvalue weighted by molar-refractivity contribution is 7.86. The van der Waals surface area contributed by atoms with Gasteiger partial charge in [0.1, 0.15) is 4.33 Å². The highest BCUT2D eigenvalue weighted by Crippen LogP contribution is 2.68. The van der Waals surface area contributed by atoms with Crippen molar-refractivity contribution in [3.8, 4) is 0 Å². The van der Waals surface area contributed by atoms with Gasteiger partial charge in [0.15, 0.2) is 0 Å². The van der Waals surface area contributed by atoms with Gasteiger partial charge in [-0.1, -0.05) is 32.0 Å². The van der Waals surface area contributed by atoms with Crippen molar-refractivity contribution in [3.05, 3.63) is 30.3 Å². The average Bonchev–Trinajstić information content (AvgIpc) is 2.68. The summed E-state index contributed by atoms with van der Waals surface area (Å²) in [5, 5.41) is 0. The Morgan fingerprint density at radius 1 is 1.22 bits per heavy atom. The second-order valence-electron chi connectivity index (χ2n) is 4.95. The number of hydrogen-bond acceptors (Lipinski definition) is 3. The summed E-state index contributed by atoms with van der Waals surface area (Å²) >= 11 is 12.1. The van der Waals surface area contributed by atoms with Gasteiger partial charge < -0.3 is 0 Å².